The van der Waals surface area contributed by atoms with Crippen LogP contribution in [0.5, 0.6) is 5.75 Å². The molecule has 0 bridgehead atoms. The van der Waals surface area contributed by atoms with Gasteiger partial charge in [0, 0.05) is 11.3 Å². The average molecular weight is 404 g/mol. The van der Waals surface area contributed by atoms with Crippen molar-refractivity contribution in [2.75, 3.05) is 23.1 Å². The number of nitrogens with zero attached hydrogens (tertiary/aromatic N) is 1. The Hall–Kier alpha value is -3.25. The number of nitrogens with one attached hydrogen (secondary N) is 1. The van der Waals surface area contributed by atoms with Crippen molar-refractivity contribution in [2.24, 2.45) is 0 Å². The maximum Gasteiger partial charge on any atom is 0.255 e. The number of amides is 2. The topological polar surface area (TPSA) is 58.6 Å². The first kappa shape index (κ1) is 19.1. The Morgan fingerprint density at radius 1 is 1.03 bits per heavy atom. The number of rotatable bonds is 5. The second-order valence-corrected chi connectivity index (χ2v) is 7.61. The van der Waals surface area contributed by atoms with Crippen LogP contribution in [0.4, 0.5) is 11.4 Å². The molecule has 1 aliphatic rings. The molecule has 29 heavy (non-hydrogen) atoms. The number of hydrogen-bond acceptors (Lipinski definition) is 4. The molecule has 4 rings (SSSR count). The van der Waals surface area contributed by atoms with Crippen molar-refractivity contribution >= 4 is 35.0 Å². The zero-order valence-corrected chi connectivity index (χ0v) is 16.7. The Bertz CT molecular complexity index is 1040. The van der Waals surface area contributed by atoms with Crippen LogP contribution in [-0.2, 0) is 4.79 Å². The Labute approximate surface area is 173 Å². The molecule has 1 N–H and O–H groups in total. The Kier molecular flexibility index (Phi) is 5.53. The van der Waals surface area contributed by atoms with Crippen molar-refractivity contribution in [3.8, 4) is 5.75 Å². The third kappa shape index (κ3) is 3.98. The number of benzene rings is 3. The van der Waals surface area contributed by atoms with Gasteiger partial charge < -0.3 is 10.1 Å². The van der Waals surface area contributed by atoms with E-state index in [-0.39, 0.29) is 17.2 Å². The van der Waals surface area contributed by atoms with Crippen molar-refractivity contribution in [1.29, 1.82) is 0 Å². The average Bonchev–Trinajstić information content (AvgIpc) is 3.15. The molecule has 3 aromatic carbocycles. The highest BCUT2D eigenvalue weighted by Gasteiger charge is 2.35. The van der Waals surface area contributed by atoms with Crippen LogP contribution in [0.25, 0.3) is 0 Å². The molecule has 0 aromatic heterocycles. The molecule has 1 unspecified atom stereocenters. The molecule has 5 nitrogen and oxygen atoms in total. The lowest BCUT2D eigenvalue weighted by Crippen LogP contribution is -2.28. The van der Waals surface area contributed by atoms with Crippen LogP contribution in [0.15, 0.2) is 78.9 Å². The minimum atomic E-state index is -0.188. The Morgan fingerprint density at radius 2 is 1.79 bits per heavy atom. The lowest BCUT2D eigenvalue weighted by Gasteiger charge is -2.26. The highest BCUT2D eigenvalue weighted by atomic mass is 32.2. The third-order valence-electron chi connectivity index (χ3n) is 4.68. The van der Waals surface area contributed by atoms with Crippen molar-refractivity contribution in [3.05, 3.63) is 90.0 Å². The van der Waals surface area contributed by atoms with Gasteiger partial charge in [-0.3, -0.25) is 14.5 Å². The molecule has 0 spiro atoms. The van der Waals surface area contributed by atoms with Crippen molar-refractivity contribution in [2.45, 2.75) is 5.37 Å². The van der Waals surface area contributed by atoms with E-state index in [1.54, 1.807) is 35.9 Å². The van der Waals surface area contributed by atoms with E-state index in [0.29, 0.717) is 22.8 Å². The number of thioether (sulfide) groups is 1. The number of hydrogen-bond donors (Lipinski definition) is 1. The molecule has 6 heteroatoms. The Balaban J connectivity index is 1.61. The van der Waals surface area contributed by atoms with Crippen molar-refractivity contribution in [3.63, 3.8) is 0 Å². The molecule has 1 saturated heterocycles. The lowest BCUT2D eigenvalue weighted by atomic mass is 10.1. The van der Waals surface area contributed by atoms with Gasteiger partial charge in [-0.1, -0.05) is 42.5 Å². The van der Waals surface area contributed by atoms with E-state index < -0.39 is 0 Å². The summed E-state index contributed by atoms with van der Waals surface area (Å²) in [5, 5.41) is 2.75. The van der Waals surface area contributed by atoms with Gasteiger partial charge in [-0.25, -0.2) is 0 Å². The van der Waals surface area contributed by atoms with Crippen LogP contribution in [0, 0.1) is 0 Å². The monoisotopic (exact) mass is 404 g/mol. The van der Waals surface area contributed by atoms with E-state index in [9.17, 15) is 9.59 Å². The van der Waals surface area contributed by atoms with E-state index >= 15 is 0 Å². The number of carbonyl (C=O) groups is 2. The number of ether oxygens (including phenoxy) is 1. The maximum absolute atomic E-state index is 12.7. The number of carbonyl (C=O) groups excluding carboxylic acids is 2. The summed E-state index contributed by atoms with van der Waals surface area (Å²) in [6.07, 6.45) is 0. The smallest absolute Gasteiger partial charge is 0.255 e. The first-order chi connectivity index (χ1) is 14.2. The van der Waals surface area contributed by atoms with Crippen LogP contribution in [0.2, 0.25) is 0 Å². The molecule has 3 aromatic rings. The lowest BCUT2D eigenvalue weighted by molar-refractivity contribution is -0.115. The number of para-hydroxylation sites is 2. The summed E-state index contributed by atoms with van der Waals surface area (Å²) < 4.78 is 5.46. The van der Waals surface area contributed by atoms with E-state index in [1.165, 1.54) is 0 Å². The third-order valence-corrected chi connectivity index (χ3v) is 5.89. The normalized spacial score (nSPS) is 16.0. The molecule has 0 aliphatic carbocycles. The molecule has 1 heterocycles. The van der Waals surface area contributed by atoms with Crippen LogP contribution in [0.1, 0.15) is 21.3 Å². The summed E-state index contributed by atoms with van der Waals surface area (Å²) in [5.74, 6) is 0.910. The molecule has 1 fully saturated rings. The zero-order chi connectivity index (χ0) is 20.2. The van der Waals surface area contributed by atoms with E-state index in [2.05, 4.69) is 5.32 Å². The molecule has 146 valence electrons. The molecular formula is C23H20N2O3S. The molecule has 1 atom stereocenters. The van der Waals surface area contributed by atoms with Gasteiger partial charge in [-0.2, -0.15) is 0 Å². The minimum Gasteiger partial charge on any atom is -0.495 e. The highest BCUT2D eigenvalue weighted by molar-refractivity contribution is 8.00. The second-order valence-electron chi connectivity index (χ2n) is 6.54. The number of anilines is 2. The maximum atomic E-state index is 12.7. The summed E-state index contributed by atoms with van der Waals surface area (Å²) in [4.78, 5) is 26.9. The first-order valence-electron chi connectivity index (χ1n) is 9.20. The van der Waals surface area contributed by atoms with Crippen molar-refractivity contribution in [1.82, 2.24) is 0 Å². The SMILES string of the molecule is COc1ccccc1N1C(=O)CSC1c1cccc(NC(=O)c2ccccc2)c1. The van der Waals surface area contributed by atoms with Crippen LogP contribution in [-0.4, -0.2) is 24.7 Å². The highest BCUT2D eigenvalue weighted by Crippen LogP contribution is 2.45. The van der Waals surface area contributed by atoms with E-state index in [4.69, 9.17) is 4.74 Å². The first-order valence-corrected chi connectivity index (χ1v) is 10.3. The van der Waals surface area contributed by atoms with Crippen LogP contribution in [0.3, 0.4) is 0 Å². The van der Waals surface area contributed by atoms with Gasteiger partial charge in [0.15, 0.2) is 0 Å². The minimum absolute atomic E-state index is 0.0308. The van der Waals surface area contributed by atoms with Crippen LogP contribution < -0.4 is 15.0 Å². The zero-order valence-electron chi connectivity index (χ0n) is 15.9. The van der Waals surface area contributed by atoms with Crippen molar-refractivity contribution < 1.29 is 14.3 Å². The quantitative estimate of drug-likeness (QED) is 0.668. The Morgan fingerprint density at radius 3 is 2.59 bits per heavy atom. The second kappa shape index (κ2) is 8.41. The number of methoxy groups -OCH3 is 1. The standard InChI is InChI=1S/C23H20N2O3S/c1-28-20-13-6-5-12-19(20)25-21(26)15-29-23(25)17-10-7-11-18(14-17)24-22(27)16-8-3-2-4-9-16/h2-14,23H,15H2,1H3,(H,24,27). The largest absolute Gasteiger partial charge is 0.495 e. The summed E-state index contributed by atoms with van der Waals surface area (Å²) in [6.45, 7) is 0. The van der Waals surface area contributed by atoms with Crippen LogP contribution >= 0.6 is 11.8 Å². The van der Waals surface area contributed by atoms with E-state index in [1.807, 2.05) is 66.7 Å². The molecular weight excluding hydrogens is 384 g/mol. The fraction of sp³-hybridized carbons (Fsp3) is 0.130. The van der Waals surface area contributed by atoms with Gasteiger partial charge in [0.25, 0.3) is 5.91 Å². The molecule has 1 aliphatic heterocycles. The summed E-state index contributed by atoms with van der Waals surface area (Å²) in [7, 11) is 1.60. The predicted molar refractivity (Wildman–Crippen MR) is 117 cm³/mol. The van der Waals surface area contributed by atoms with E-state index in [0.717, 1.165) is 11.3 Å². The fourth-order valence-electron chi connectivity index (χ4n) is 3.32. The fourth-order valence-corrected chi connectivity index (χ4v) is 4.48. The predicted octanol–water partition coefficient (Wildman–Crippen LogP) is 4.73. The van der Waals surface area contributed by atoms with Gasteiger partial charge >= 0.3 is 0 Å². The van der Waals surface area contributed by atoms with Gasteiger partial charge in [0.1, 0.15) is 11.1 Å². The van der Waals surface area contributed by atoms with Gasteiger partial charge in [0.2, 0.25) is 5.91 Å². The van der Waals surface area contributed by atoms with Gasteiger partial charge in [0.05, 0.1) is 18.6 Å². The van der Waals surface area contributed by atoms with Gasteiger partial charge in [-0.05, 0) is 42.0 Å². The van der Waals surface area contributed by atoms with Gasteiger partial charge in [-0.15, -0.1) is 11.8 Å². The molecule has 2 amide bonds. The molecule has 0 saturated carbocycles. The molecule has 0 radical (unpaired) electrons. The summed E-state index contributed by atoms with van der Waals surface area (Å²) in [6, 6.07) is 24.2. The summed E-state index contributed by atoms with van der Waals surface area (Å²) >= 11 is 1.56. The summed E-state index contributed by atoms with van der Waals surface area (Å²) in [5.41, 5.74) is 2.97.